The van der Waals surface area contributed by atoms with Crippen molar-refractivity contribution in [2.75, 3.05) is 17.2 Å². The molecule has 0 spiro atoms. The minimum atomic E-state index is -0.702. The van der Waals surface area contributed by atoms with Gasteiger partial charge in [-0.25, -0.2) is 0 Å². The fraction of sp³-hybridized carbons (Fsp3) is 0.333. The summed E-state index contributed by atoms with van der Waals surface area (Å²) >= 11 is 0. The third-order valence-electron chi connectivity index (χ3n) is 4.49. The van der Waals surface area contributed by atoms with Gasteiger partial charge in [-0.05, 0) is 55.0 Å². The number of hydrogen-bond donors (Lipinski definition) is 2. The van der Waals surface area contributed by atoms with Gasteiger partial charge in [-0.3, -0.25) is 9.59 Å². The Morgan fingerprint density at radius 3 is 2.50 bits per heavy atom. The van der Waals surface area contributed by atoms with E-state index in [0.717, 1.165) is 43.4 Å². The van der Waals surface area contributed by atoms with Crippen molar-refractivity contribution in [2.45, 2.75) is 39.0 Å². The third kappa shape index (κ3) is 4.23. The first-order valence-corrected chi connectivity index (χ1v) is 9.14. The molecule has 2 aromatic rings. The molecule has 0 aromatic heterocycles. The van der Waals surface area contributed by atoms with E-state index in [1.165, 1.54) is 5.56 Å². The van der Waals surface area contributed by atoms with Gasteiger partial charge < -0.3 is 15.4 Å². The van der Waals surface area contributed by atoms with Gasteiger partial charge in [0.1, 0.15) is 5.75 Å². The molecule has 3 rings (SSSR count). The van der Waals surface area contributed by atoms with Crippen LogP contribution in [0.2, 0.25) is 0 Å². The lowest BCUT2D eigenvalue weighted by Crippen LogP contribution is -2.29. The predicted molar refractivity (Wildman–Crippen MR) is 103 cm³/mol. The molecule has 0 saturated heterocycles. The maximum absolute atomic E-state index is 12.3. The molecule has 5 heteroatoms. The molecule has 2 aromatic carbocycles. The van der Waals surface area contributed by atoms with Gasteiger partial charge in [0.2, 0.25) is 0 Å². The molecule has 2 amide bonds. The van der Waals surface area contributed by atoms with Gasteiger partial charge in [-0.2, -0.15) is 0 Å². The Hall–Kier alpha value is -2.82. The Balaban J connectivity index is 1.65. The highest BCUT2D eigenvalue weighted by Gasteiger charge is 2.20. The van der Waals surface area contributed by atoms with E-state index in [1.807, 2.05) is 18.2 Å². The molecule has 0 aliphatic heterocycles. The van der Waals surface area contributed by atoms with E-state index in [2.05, 4.69) is 23.6 Å². The van der Waals surface area contributed by atoms with Crippen molar-refractivity contribution in [1.29, 1.82) is 0 Å². The SMILES string of the molecule is CCCCOc1ccccc1NC(=O)C(=O)Nc1cccc2c1CCC2. The minimum Gasteiger partial charge on any atom is -0.491 e. The van der Waals surface area contributed by atoms with E-state index in [4.69, 9.17) is 4.74 Å². The van der Waals surface area contributed by atoms with E-state index in [-0.39, 0.29) is 0 Å². The Labute approximate surface area is 153 Å². The normalized spacial score (nSPS) is 12.3. The first kappa shape index (κ1) is 18.0. The number of carbonyl (C=O) groups is 2. The van der Waals surface area contributed by atoms with Crippen molar-refractivity contribution in [3.05, 3.63) is 53.6 Å². The molecule has 136 valence electrons. The first-order valence-electron chi connectivity index (χ1n) is 9.14. The predicted octanol–water partition coefficient (Wildman–Crippen LogP) is 3.93. The maximum Gasteiger partial charge on any atom is 0.314 e. The van der Waals surface area contributed by atoms with Gasteiger partial charge in [0, 0.05) is 5.69 Å². The first-order chi connectivity index (χ1) is 12.7. The fourth-order valence-electron chi connectivity index (χ4n) is 3.12. The fourth-order valence-corrected chi connectivity index (χ4v) is 3.12. The molecule has 0 bridgehead atoms. The Bertz CT molecular complexity index is 802. The summed E-state index contributed by atoms with van der Waals surface area (Å²) in [6, 6.07) is 13.0. The number of aryl methyl sites for hydroxylation is 1. The zero-order valence-electron chi connectivity index (χ0n) is 15.0. The lowest BCUT2D eigenvalue weighted by atomic mass is 10.1. The second-order valence-corrected chi connectivity index (χ2v) is 6.40. The number of rotatable bonds is 6. The van der Waals surface area contributed by atoms with Crippen LogP contribution < -0.4 is 15.4 Å². The third-order valence-corrected chi connectivity index (χ3v) is 4.49. The van der Waals surface area contributed by atoms with Gasteiger partial charge in [0.25, 0.3) is 0 Å². The van der Waals surface area contributed by atoms with Crippen LogP contribution in [-0.2, 0) is 22.4 Å². The molecule has 0 atom stereocenters. The van der Waals surface area contributed by atoms with E-state index >= 15 is 0 Å². The molecule has 5 nitrogen and oxygen atoms in total. The van der Waals surface area contributed by atoms with Crippen LogP contribution in [-0.4, -0.2) is 18.4 Å². The number of para-hydroxylation sites is 2. The van der Waals surface area contributed by atoms with E-state index in [9.17, 15) is 9.59 Å². The number of ether oxygens (including phenoxy) is 1. The highest BCUT2D eigenvalue weighted by molar-refractivity contribution is 6.43. The lowest BCUT2D eigenvalue weighted by Gasteiger charge is -2.13. The average molecular weight is 352 g/mol. The highest BCUT2D eigenvalue weighted by atomic mass is 16.5. The molecular formula is C21H24N2O3. The maximum atomic E-state index is 12.3. The summed E-state index contributed by atoms with van der Waals surface area (Å²) in [5.41, 5.74) is 3.62. The topological polar surface area (TPSA) is 67.4 Å². The van der Waals surface area contributed by atoms with Crippen LogP contribution in [0.1, 0.15) is 37.3 Å². The second kappa shape index (κ2) is 8.52. The molecule has 0 radical (unpaired) electrons. The van der Waals surface area contributed by atoms with Crippen LogP contribution in [0.15, 0.2) is 42.5 Å². The van der Waals surface area contributed by atoms with E-state index in [1.54, 1.807) is 18.2 Å². The van der Waals surface area contributed by atoms with Gasteiger partial charge in [-0.1, -0.05) is 37.6 Å². The van der Waals surface area contributed by atoms with E-state index in [0.29, 0.717) is 18.0 Å². The van der Waals surface area contributed by atoms with Crippen LogP contribution in [0.3, 0.4) is 0 Å². The quantitative estimate of drug-likeness (QED) is 0.611. The van der Waals surface area contributed by atoms with Gasteiger partial charge >= 0.3 is 11.8 Å². The molecule has 26 heavy (non-hydrogen) atoms. The number of hydrogen-bond acceptors (Lipinski definition) is 3. The molecule has 2 N–H and O–H groups in total. The average Bonchev–Trinajstić information content (AvgIpc) is 3.13. The molecule has 0 heterocycles. The van der Waals surface area contributed by atoms with E-state index < -0.39 is 11.8 Å². The number of unbranched alkanes of at least 4 members (excludes halogenated alkanes) is 1. The smallest absolute Gasteiger partial charge is 0.314 e. The number of amides is 2. The summed E-state index contributed by atoms with van der Waals surface area (Å²) in [6.07, 6.45) is 4.99. The highest BCUT2D eigenvalue weighted by Crippen LogP contribution is 2.29. The Morgan fingerprint density at radius 2 is 1.69 bits per heavy atom. The number of carbonyl (C=O) groups excluding carboxylic acids is 2. The molecule has 0 saturated carbocycles. The summed E-state index contributed by atoms with van der Waals surface area (Å²) in [4.78, 5) is 24.6. The molecular weight excluding hydrogens is 328 g/mol. The van der Waals surface area contributed by atoms with Crippen LogP contribution in [0.4, 0.5) is 11.4 Å². The van der Waals surface area contributed by atoms with Crippen molar-refractivity contribution < 1.29 is 14.3 Å². The summed E-state index contributed by atoms with van der Waals surface area (Å²) in [7, 11) is 0. The second-order valence-electron chi connectivity index (χ2n) is 6.40. The van der Waals surface area contributed by atoms with Gasteiger partial charge in [0.15, 0.2) is 0 Å². The minimum absolute atomic E-state index is 0.502. The number of anilines is 2. The summed E-state index contributed by atoms with van der Waals surface area (Å²) in [5.74, 6) is -0.802. The van der Waals surface area contributed by atoms with Crippen molar-refractivity contribution >= 4 is 23.2 Å². The zero-order valence-corrected chi connectivity index (χ0v) is 15.0. The molecule has 1 aliphatic rings. The largest absolute Gasteiger partial charge is 0.491 e. The van der Waals surface area contributed by atoms with Crippen LogP contribution in [0.5, 0.6) is 5.75 Å². The van der Waals surface area contributed by atoms with Crippen LogP contribution in [0, 0.1) is 0 Å². The van der Waals surface area contributed by atoms with Crippen LogP contribution in [0.25, 0.3) is 0 Å². The number of benzene rings is 2. The summed E-state index contributed by atoms with van der Waals surface area (Å²) in [6.45, 7) is 2.66. The number of fused-ring (bicyclic) bond motifs is 1. The molecule has 0 fully saturated rings. The Morgan fingerprint density at radius 1 is 0.962 bits per heavy atom. The van der Waals surface area contributed by atoms with Crippen molar-refractivity contribution in [3.63, 3.8) is 0 Å². The monoisotopic (exact) mass is 352 g/mol. The lowest BCUT2D eigenvalue weighted by molar-refractivity contribution is -0.133. The van der Waals surface area contributed by atoms with Gasteiger partial charge in [0.05, 0.1) is 12.3 Å². The molecule has 0 unspecified atom stereocenters. The molecule has 1 aliphatic carbocycles. The van der Waals surface area contributed by atoms with Crippen molar-refractivity contribution in [2.24, 2.45) is 0 Å². The Kier molecular flexibility index (Phi) is 5.89. The van der Waals surface area contributed by atoms with Crippen molar-refractivity contribution in [3.8, 4) is 5.75 Å². The zero-order chi connectivity index (χ0) is 18.4. The summed E-state index contributed by atoms with van der Waals surface area (Å²) < 4.78 is 5.69. The number of nitrogens with one attached hydrogen (secondary N) is 2. The van der Waals surface area contributed by atoms with Crippen molar-refractivity contribution in [1.82, 2.24) is 0 Å². The van der Waals surface area contributed by atoms with Crippen LogP contribution >= 0.6 is 0 Å². The summed E-state index contributed by atoms with van der Waals surface area (Å²) in [5, 5.41) is 5.39. The standard InChI is InChI=1S/C21H24N2O3/c1-2-3-14-26-19-13-5-4-11-18(19)23-21(25)20(24)22-17-12-7-9-15-8-6-10-16(15)17/h4-5,7,9,11-13H,2-3,6,8,10,14H2,1H3,(H,22,24)(H,23,25). The van der Waals surface area contributed by atoms with Gasteiger partial charge in [-0.15, -0.1) is 0 Å².